The molecule has 0 bridgehead atoms. The third-order valence-electron chi connectivity index (χ3n) is 4.69. The zero-order valence-corrected chi connectivity index (χ0v) is 15.2. The fourth-order valence-corrected chi connectivity index (χ4v) is 3.40. The Morgan fingerprint density at radius 3 is 2.65 bits per heavy atom. The van der Waals surface area contributed by atoms with Gasteiger partial charge < -0.3 is 10.2 Å². The van der Waals surface area contributed by atoms with E-state index in [1.54, 1.807) is 0 Å². The number of benzene rings is 2. The van der Waals surface area contributed by atoms with E-state index in [4.69, 9.17) is 9.97 Å². The molecule has 0 saturated heterocycles. The van der Waals surface area contributed by atoms with Gasteiger partial charge in [-0.15, -0.1) is 0 Å². The van der Waals surface area contributed by atoms with Gasteiger partial charge in [-0.2, -0.15) is 4.98 Å². The molecule has 0 saturated carbocycles. The Bertz CT molecular complexity index is 876. The van der Waals surface area contributed by atoms with E-state index in [1.807, 2.05) is 24.3 Å². The summed E-state index contributed by atoms with van der Waals surface area (Å²) in [7, 11) is 0. The molecule has 2 aromatic carbocycles. The fourth-order valence-electron chi connectivity index (χ4n) is 3.40. The number of nitrogens with zero attached hydrogens (tertiary/aromatic N) is 3. The van der Waals surface area contributed by atoms with E-state index in [0.29, 0.717) is 0 Å². The highest BCUT2D eigenvalue weighted by Crippen LogP contribution is 2.33. The summed E-state index contributed by atoms with van der Waals surface area (Å²) in [5, 5.41) is 3.43. The van der Waals surface area contributed by atoms with Gasteiger partial charge in [0.05, 0.1) is 5.69 Å². The van der Waals surface area contributed by atoms with Gasteiger partial charge in [0.15, 0.2) is 0 Å². The van der Waals surface area contributed by atoms with Gasteiger partial charge in [0.25, 0.3) is 0 Å². The van der Waals surface area contributed by atoms with Crippen molar-refractivity contribution in [3.63, 3.8) is 0 Å². The third-order valence-corrected chi connectivity index (χ3v) is 4.69. The lowest BCUT2D eigenvalue weighted by atomic mass is 10.0. The van der Waals surface area contributed by atoms with Crippen LogP contribution < -0.4 is 10.2 Å². The van der Waals surface area contributed by atoms with Gasteiger partial charge in [0.2, 0.25) is 5.95 Å². The van der Waals surface area contributed by atoms with Crippen molar-refractivity contribution in [1.29, 1.82) is 0 Å². The Labute approximate surface area is 154 Å². The average Bonchev–Trinajstić information content (AvgIpc) is 2.72. The molecule has 4 heteroatoms. The molecule has 0 aliphatic carbocycles. The summed E-state index contributed by atoms with van der Waals surface area (Å²) in [5.41, 5.74) is 4.67. The SMILES string of the molecule is CCCNc1cc(-c2ccccc2)nc(N2CCCc3ccccc32)n1. The number of aromatic nitrogens is 2. The zero-order valence-electron chi connectivity index (χ0n) is 15.2. The summed E-state index contributed by atoms with van der Waals surface area (Å²) < 4.78 is 0. The molecule has 3 aromatic rings. The van der Waals surface area contributed by atoms with E-state index in [1.165, 1.54) is 11.3 Å². The summed E-state index contributed by atoms with van der Waals surface area (Å²) in [6, 6.07) is 20.9. The largest absolute Gasteiger partial charge is 0.370 e. The van der Waals surface area contributed by atoms with E-state index in [-0.39, 0.29) is 0 Å². The molecule has 0 atom stereocenters. The summed E-state index contributed by atoms with van der Waals surface area (Å²) in [5.74, 6) is 1.66. The van der Waals surface area contributed by atoms with Gasteiger partial charge in [-0.05, 0) is 30.9 Å². The molecule has 0 unspecified atom stereocenters. The average molecular weight is 344 g/mol. The zero-order chi connectivity index (χ0) is 17.8. The number of anilines is 3. The first-order valence-corrected chi connectivity index (χ1v) is 9.39. The van der Waals surface area contributed by atoms with Gasteiger partial charge >= 0.3 is 0 Å². The quantitative estimate of drug-likeness (QED) is 0.703. The Balaban J connectivity index is 1.78. The van der Waals surface area contributed by atoms with Crippen LogP contribution in [0.5, 0.6) is 0 Å². The van der Waals surface area contributed by atoms with Crippen LogP contribution in [0, 0.1) is 0 Å². The Morgan fingerprint density at radius 1 is 1.00 bits per heavy atom. The first kappa shape index (κ1) is 16.6. The van der Waals surface area contributed by atoms with E-state index < -0.39 is 0 Å². The number of hydrogen-bond donors (Lipinski definition) is 1. The van der Waals surface area contributed by atoms with Crippen LogP contribution in [0.15, 0.2) is 60.7 Å². The fraction of sp³-hybridized carbons (Fsp3) is 0.273. The van der Waals surface area contributed by atoms with Crippen LogP contribution in [0.2, 0.25) is 0 Å². The molecule has 4 nitrogen and oxygen atoms in total. The second kappa shape index (κ2) is 7.56. The van der Waals surface area contributed by atoms with Crippen molar-refractivity contribution >= 4 is 17.5 Å². The number of aryl methyl sites for hydroxylation is 1. The number of para-hydroxylation sites is 1. The summed E-state index contributed by atoms with van der Waals surface area (Å²) >= 11 is 0. The lowest BCUT2D eigenvalue weighted by Crippen LogP contribution is -2.26. The van der Waals surface area contributed by atoms with Gasteiger partial charge in [0, 0.05) is 30.4 Å². The Kier molecular flexibility index (Phi) is 4.82. The molecule has 1 aromatic heterocycles. The molecule has 0 amide bonds. The van der Waals surface area contributed by atoms with Crippen molar-refractivity contribution in [2.45, 2.75) is 26.2 Å². The molecule has 132 valence electrons. The predicted octanol–water partition coefficient (Wildman–Crippen LogP) is 5.05. The lowest BCUT2D eigenvalue weighted by molar-refractivity contribution is 0.751. The summed E-state index contributed by atoms with van der Waals surface area (Å²) in [6.45, 7) is 4.01. The number of nitrogens with one attached hydrogen (secondary N) is 1. The van der Waals surface area contributed by atoms with Gasteiger partial charge in [-0.3, -0.25) is 0 Å². The van der Waals surface area contributed by atoms with Crippen molar-refractivity contribution in [2.24, 2.45) is 0 Å². The van der Waals surface area contributed by atoms with Crippen LogP contribution in [0.3, 0.4) is 0 Å². The molecule has 0 radical (unpaired) electrons. The standard InChI is InChI=1S/C22H24N4/c1-2-14-23-21-16-19(17-9-4-3-5-10-17)24-22(25-21)26-15-8-12-18-11-6-7-13-20(18)26/h3-7,9-11,13,16H,2,8,12,14-15H2,1H3,(H,23,24,25). The molecule has 1 aliphatic heterocycles. The lowest BCUT2D eigenvalue weighted by Gasteiger charge is -2.30. The minimum atomic E-state index is 0.775. The van der Waals surface area contributed by atoms with Gasteiger partial charge in [-0.1, -0.05) is 55.5 Å². The van der Waals surface area contributed by atoms with Crippen molar-refractivity contribution in [2.75, 3.05) is 23.3 Å². The van der Waals surface area contributed by atoms with E-state index in [2.05, 4.69) is 53.5 Å². The maximum atomic E-state index is 4.91. The van der Waals surface area contributed by atoms with E-state index >= 15 is 0 Å². The molecule has 2 heterocycles. The van der Waals surface area contributed by atoms with Crippen LogP contribution >= 0.6 is 0 Å². The topological polar surface area (TPSA) is 41.1 Å². The molecular formula is C22H24N4. The minimum Gasteiger partial charge on any atom is -0.370 e. The van der Waals surface area contributed by atoms with Gasteiger partial charge in [-0.25, -0.2) is 4.98 Å². The Hall–Kier alpha value is -2.88. The van der Waals surface area contributed by atoms with E-state index in [0.717, 1.165) is 55.4 Å². The molecule has 1 N–H and O–H groups in total. The maximum absolute atomic E-state index is 4.91. The predicted molar refractivity (Wildman–Crippen MR) is 108 cm³/mol. The summed E-state index contributed by atoms with van der Waals surface area (Å²) in [4.78, 5) is 12.0. The first-order chi connectivity index (χ1) is 12.8. The highest BCUT2D eigenvalue weighted by atomic mass is 15.3. The van der Waals surface area contributed by atoms with Crippen LogP contribution in [0.4, 0.5) is 17.5 Å². The smallest absolute Gasteiger partial charge is 0.232 e. The highest BCUT2D eigenvalue weighted by Gasteiger charge is 2.21. The molecule has 0 spiro atoms. The van der Waals surface area contributed by atoms with Crippen molar-refractivity contribution in [1.82, 2.24) is 9.97 Å². The summed E-state index contributed by atoms with van der Waals surface area (Å²) in [6.07, 6.45) is 3.30. The van der Waals surface area contributed by atoms with E-state index in [9.17, 15) is 0 Å². The maximum Gasteiger partial charge on any atom is 0.232 e. The molecule has 4 rings (SSSR count). The second-order valence-electron chi connectivity index (χ2n) is 6.62. The molecule has 26 heavy (non-hydrogen) atoms. The number of hydrogen-bond acceptors (Lipinski definition) is 4. The molecule has 0 fully saturated rings. The van der Waals surface area contributed by atoms with Crippen molar-refractivity contribution in [3.05, 3.63) is 66.2 Å². The van der Waals surface area contributed by atoms with Crippen LogP contribution in [-0.2, 0) is 6.42 Å². The number of rotatable bonds is 5. The third kappa shape index (κ3) is 3.40. The van der Waals surface area contributed by atoms with Gasteiger partial charge in [0.1, 0.15) is 5.82 Å². The number of fused-ring (bicyclic) bond motifs is 1. The molecule has 1 aliphatic rings. The van der Waals surface area contributed by atoms with Crippen molar-refractivity contribution < 1.29 is 0 Å². The van der Waals surface area contributed by atoms with Crippen molar-refractivity contribution in [3.8, 4) is 11.3 Å². The van der Waals surface area contributed by atoms with Crippen LogP contribution in [0.1, 0.15) is 25.3 Å². The molecular weight excluding hydrogens is 320 g/mol. The minimum absolute atomic E-state index is 0.775. The monoisotopic (exact) mass is 344 g/mol. The normalized spacial score (nSPS) is 13.3. The second-order valence-corrected chi connectivity index (χ2v) is 6.62. The van der Waals surface area contributed by atoms with Crippen LogP contribution in [0.25, 0.3) is 11.3 Å². The first-order valence-electron chi connectivity index (χ1n) is 9.39. The Morgan fingerprint density at radius 2 is 1.81 bits per heavy atom. The highest BCUT2D eigenvalue weighted by molar-refractivity contribution is 5.69. The van der Waals surface area contributed by atoms with Crippen LogP contribution in [-0.4, -0.2) is 23.1 Å².